The molecular weight excluding hydrogens is 309 g/mol. The van der Waals surface area contributed by atoms with Crippen LogP contribution in [0.1, 0.15) is 12.5 Å². The quantitative estimate of drug-likeness (QED) is 0.687. The van der Waals surface area contributed by atoms with Gasteiger partial charge in [-0.2, -0.15) is 18.6 Å². The normalized spacial score (nSPS) is 11.5. The second-order valence-electron chi connectivity index (χ2n) is 4.73. The van der Waals surface area contributed by atoms with Gasteiger partial charge in [0.2, 0.25) is 0 Å². The fourth-order valence-corrected chi connectivity index (χ4v) is 2.43. The van der Waals surface area contributed by atoms with Gasteiger partial charge in [0.25, 0.3) is 0 Å². The first-order chi connectivity index (χ1) is 10.4. The van der Waals surface area contributed by atoms with E-state index in [9.17, 15) is 12.3 Å². The summed E-state index contributed by atoms with van der Waals surface area (Å²) in [6, 6.07) is 0. The van der Waals surface area contributed by atoms with Crippen molar-refractivity contribution in [2.45, 2.75) is 20.0 Å². The molecule has 0 aliphatic heterocycles. The van der Waals surface area contributed by atoms with E-state index >= 15 is 0 Å². The Hall–Kier alpha value is -2.16. The minimum absolute atomic E-state index is 0.0352. The van der Waals surface area contributed by atoms with E-state index in [0.29, 0.717) is 13.1 Å². The van der Waals surface area contributed by atoms with Crippen LogP contribution in [0.4, 0.5) is 9.57 Å². The van der Waals surface area contributed by atoms with Crippen LogP contribution in [0.15, 0.2) is 31.4 Å². The standard InChI is InChI=1S/C13H18FN5O2S/c1-3-18-10-12(7-15-18)9-17(5-6-22(14,20)21)13-8-16-19(4-2)11-13/h3,7-8,10-11H,1,4-6,9H2,2H3. The molecule has 0 aromatic carbocycles. The van der Waals surface area contributed by atoms with Gasteiger partial charge in [0.05, 0.1) is 23.8 Å². The number of aryl methyl sites for hydroxylation is 1. The minimum Gasteiger partial charge on any atom is -0.363 e. The lowest BCUT2D eigenvalue weighted by molar-refractivity contribution is 0.550. The third kappa shape index (κ3) is 4.42. The summed E-state index contributed by atoms with van der Waals surface area (Å²) in [5.74, 6) is -0.570. The number of hydrogen-bond donors (Lipinski definition) is 0. The number of anilines is 1. The summed E-state index contributed by atoms with van der Waals surface area (Å²) >= 11 is 0. The maximum Gasteiger partial charge on any atom is 0.304 e. The smallest absolute Gasteiger partial charge is 0.304 e. The highest BCUT2D eigenvalue weighted by Gasteiger charge is 2.15. The summed E-state index contributed by atoms with van der Waals surface area (Å²) in [6.45, 7) is 6.69. The molecule has 2 aromatic rings. The Bertz CT molecular complexity index is 737. The summed E-state index contributed by atoms with van der Waals surface area (Å²) in [7, 11) is -4.52. The molecule has 9 heteroatoms. The van der Waals surface area contributed by atoms with Crippen LogP contribution >= 0.6 is 0 Å². The lowest BCUT2D eigenvalue weighted by atomic mass is 10.3. The summed E-state index contributed by atoms with van der Waals surface area (Å²) in [5, 5.41) is 8.23. The van der Waals surface area contributed by atoms with Gasteiger partial charge < -0.3 is 4.90 Å². The molecule has 0 aliphatic carbocycles. The number of halogens is 1. The highest BCUT2D eigenvalue weighted by atomic mass is 32.3. The fourth-order valence-electron chi connectivity index (χ4n) is 1.99. The van der Waals surface area contributed by atoms with E-state index < -0.39 is 16.0 Å². The van der Waals surface area contributed by atoms with Crippen LogP contribution < -0.4 is 4.90 Å². The second-order valence-corrected chi connectivity index (χ2v) is 6.22. The van der Waals surface area contributed by atoms with Crippen molar-refractivity contribution >= 4 is 22.1 Å². The van der Waals surface area contributed by atoms with Crippen molar-refractivity contribution in [3.05, 3.63) is 36.9 Å². The third-order valence-electron chi connectivity index (χ3n) is 3.13. The molecular formula is C13H18FN5O2S. The lowest BCUT2D eigenvalue weighted by Crippen LogP contribution is -2.27. The predicted octanol–water partition coefficient (Wildman–Crippen LogP) is 1.51. The second kappa shape index (κ2) is 6.73. The Morgan fingerprint density at radius 2 is 2.14 bits per heavy atom. The lowest BCUT2D eigenvalue weighted by Gasteiger charge is -2.21. The maximum absolute atomic E-state index is 12.8. The molecule has 120 valence electrons. The van der Waals surface area contributed by atoms with Crippen LogP contribution in [0.2, 0.25) is 0 Å². The Morgan fingerprint density at radius 3 is 2.68 bits per heavy atom. The Morgan fingerprint density at radius 1 is 1.36 bits per heavy atom. The Labute approximate surface area is 128 Å². The van der Waals surface area contributed by atoms with Gasteiger partial charge in [-0.1, -0.05) is 6.58 Å². The highest BCUT2D eigenvalue weighted by Crippen LogP contribution is 2.17. The highest BCUT2D eigenvalue weighted by molar-refractivity contribution is 7.86. The van der Waals surface area contributed by atoms with Gasteiger partial charge >= 0.3 is 10.2 Å². The predicted molar refractivity (Wildman–Crippen MR) is 82.5 cm³/mol. The molecule has 0 spiro atoms. The van der Waals surface area contributed by atoms with Crippen molar-refractivity contribution in [1.82, 2.24) is 19.6 Å². The van der Waals surface area contributed by atoms with Crippen LogP contribution in [0.5, 0.6) is 0 Å². The van der Waals surface area contributed by atoms with Gasteiger partial charge in [0, 0.05) is 43.8 Å². The molecule has 2 rings (SSSR count). The van der Waals surface area contributed by atoms with Crippen LogP contribution in [-0.2, 0) is 23.3 Å². The maximum atomic E-state index is 12.8. The van der Waals surface area contributed by atoms with Crippen molar-refractivity contribution in [1.29, 1.82) is 0 Å². The third-order valence-corrected chi connectivity index (χ3v) is 3.80. The topological polar surface area (TPSA) is 73.0 Å². The van der Waals surface area contributed by atoms with Gasteiger partial charge in [0.15, 0.2) is 0 Å². The molecule has 2 heterocycles. The molecule has 0 atom stereocenters. The van der Waals surface area contributed by atoms with Crippen molar-refractivity contribution < 1.29 is 12.3 Å². The average Bonchev–Trinajstić information content (AvgIpc) is 3.11. The number of rotatable bonds is 8. The molecule has 0 N–H and O–H groups in total. The van der Waals surface area contributed by atoms with E-state index in [1.54, 1.807) is 45.3 Å². The summed E-state index contributed by atoms with van der Waals surface area (Å²) < 4.78 is 37.7. The van der Waals surface area contributed by atoms with Gasteiger partial charge in [-0.25, -0.2) is 4.68 Å². The fraction of sp³-hybridized carbons (Fsp3) is 0.385. The van der Waals surface area contributed by atoms with Gasteiger partial charge in [-0.05, 0) is 6.92 Å². The van der Waals surface area contributed by atoms with Crippen LogP contribution in [0.3, 0.4) is 0 Å². The summed E-state index contributed by atoms with van der Waals surface area (Å²) in [5.41, 5.74) is 1.59. The van der Waals surface area contributed by atoms with Crippen LogP contribution in [-0.4, -0.2) is 40.3 Å². The summed E-state index contributed by atoms with van der Waals surface area (Å²) in [4.78, 5) is 1.75. The van der Waals surface area contributed by atoms with Gasteiger partial charge in [0.1, 0.15) is 0 Å². The molecule has 0 amide bonds. The largest absolute Gasteiger partial charge is 0.363 e. The number of nitrogens with zero attached hydrogens (tertiary/aromatic N) is 5. The molecule has 2 aromatic heterocycles. The Balaban J connectivity index is 2.18. The molecule has 0 aliphatic rings. The van der Waals surface area contributed by atoms with Crippen molar-refractivity contribution in [3.8, 4) is 0 Å². The van der Waals surface area contributed by atoms with Crippen LogP contribution in [0, 0.1) is 0 Å². The van der Waals surface area contributed by atoms with Crippen LogP contribution in [0.25, 0.3) is 6.20 Å². The van der Waals surface area contributed by atoms with E-state index in [2.05, 4.69) is 16.8 Å². The molecule has 22 heavy (non-hydrogen) atoms. The van der Waals surface area contributed by atoms with Gasteiger partial charge in [-0.15, -0.1) is 3.89 Å². The molecule has 0 radical (unpaired) electrons. The monoisotopic (exact) mass is 327 g/mol. The van der Waals surface area contributed by atoms with E-state index in [0.717, 1.165) is 11.3 Å². The van der Waals surface area contributed by atoms with E-state index in [4.69, 9.17) is 0 Å². The van der Waals surface area contributed by atoms with Gasteiger partial charge in [-0.3, -0.25) is 4.68 Å². The van der Waals surface area contributed by atoms with E-state index in [1.165, 1.54) is 0 Å². The van der Waals surface area contributed by atoms with Crippen molar-refractivity contribution in [3.63, 3.8) is 0 Å². The zero-order valence-electron chi connectivity index (χ0n) is 12.3. The molecule has 7 nitrogen and oxygen atoms in total. The Kier molecular flexibility index (Phi) is 4.96. The molecule has 0 saturated heterocycles. The first kappa shape index (κ1) is 16.2. The molecule has 0 unspecified atom stereocenters. The molecule has 0 fully saturated rings. The van der Waals surface area contributed by atoms with E-state index in [1.807, 2.05) is 6.92 Å². The minimum atomic E-state index is -4.52. The average molecular weight is 327 g/mol. The first-order valence-corrected chi connectivity index (χ1v) is 8.32. The zero-order valence-corrected chi connectivity index (χ0v) is 13.1. The van der Waals surface area contributed by atoms with Crippen molar-refractivity contribution in [2.24, 2.45) is 0 Å². The zero-order chi connectivity index (χ0) is 16.2. The molecule has 0 bridgehead atoms. The first-order valence-electron chi connectivity index (χ1n) is 6.76. The molecule has 0 saturated carbocycles. The van der Waals surface area contributed by atoms with E-state index in [-0.39, 0.29) is 6.54 Å². The number of hydrogen-bond acceptors (Lipinski definition) is 5. The van der Waals surface area contributed by atoms with Crippen molar-refractivity contribution in [2.75, 3.05) is 17.2 Å². The summed E-state index contributed by atoms with van der Waals surface area (Å²) in [6.07, 6.45) is 8.40. The number of aromatic nitrogens is 4. The SMILES string of the molecule is C=Cn1cc(CN(CCS(=O)(=O)F)c2cnn(CC)c2)cn1.